The third-order valence-electron chi connectivity index (χ3n) is 5.71. The molecule has 1 saturated heterocycles. The van der Waals surface area contributed by atoms with E-state index in [1.165, 1.54) is 114 Å². The van der Waals surface area contributed by atoms with Crippen LogP contribution < -0.4 is 0 Å². The van der Waals surface area contributed by atoms with Crippen LogP contribution >= 0.6 is 0 Å². The first kappa shape index (κ1) is 27.7. The van der Waals surface area contributed by atoms with Gasteiger partial charge < -0.3 is 9.04 Å². The molecule has 0 N–H and O–H groups in total. The molecule has 0 radical (unpaired) electrons. The van der Waals surface area contributed by atoms with E-state index in [1.807, 2.05) is 0 Å². The van der Waals surface area contributed by atoms with Crippen LogP contribution in [0.3, 0.4) is 0 Å². The third kappa shape index (κ3) is 13.0. The lowest BCUT2D eigenvalue weighted by Crippen LogP contribution is -2.51. The SMILES string of the molecule is CCCCCCCCCCCC[N+]1(CC)CCCCC1.O=S(=O)([O-])C(F)(F)F. The molecule has 0 aromatic heterocycles. The summed E-state index contributed by atoms with van der Waals surface area (Å²) in [6, 6.07) is 0. The molecule has 28 heavy (non-hydrogen) atoms. The van der Waals surface area contributed by atoms with Gasteiger partial charge in [-0.2, -0.15) is 13.2 Å². The quantitative estimate of drug-likeness (QED) is 0.165. The number of rotatable bonds is 12. The van der Waals surface area contributed by atoms with Crippen molar-refractivity contribution in [1.29, 1.82) is 0 Å². The van der Waals surface area contributed by atoms with Crippen molar-refractivity contribution in [2.24, 2.45) is 0 Å². The van der Waals surface area contributed by atoms with Gasteiger partial charge in [0.25, 0.3) is 0 Å². The van der Waals surface area contributed by atoms with Gasteiger partial charge in [-0.1, -0.05) is 58.3 Å². The normalized spacial score (nSPS) is 17.1. The molecule has 0 spiro atoms. The minimum absolute atomic E-state index is 1.37. The first-order valence-electron chi connectivity index (χ1n) is 11.0. The Labute approximate surface area is 170 Å². The summed E-state index contributed by atoms with van der Waals surface area (Å²) in [7, 11) is -6.09. The number of unbranched alkanes of at least 4 members (excludes halogenated alkanes) is 9. The smallest absolute Gasteiger partial charge is 0.485 e. The molecule has 8 heteroatoms. The molecule has 0 aliphatic carbocycles. The molecule has 1 aliphatic rings. The van der Waals surface area contributed by atoms with E-state index in [2.05, 4.69) is 13.8 Å². The topological polar surface area (TPSA) is 57.2 Å². The summed E-state index contributed by atoms with van der Waals surface area (Å²) in [6.07, 6.45) is 19.1. The maximum absolute atomic E-state index is 10.7. The number of hydrogen-bond acceptors (Lipinski definition) is 3. The van der Waals surface area contributed by atoms with E-state index >= 15 is 0 Å². The van der Waals surface area contributed by atoms with Crippen LogP contribution in [0.5, 0.6) is 0 Å². The Morgan fingerprint density at radius 2 is 1.18 bits per heavy atom. The lowest BCUT2D eigenvalue weighted by atomic mass is 10.0. The summed E-state index contributed by atoms with van der Waals surface area (Å²) in [5.41, 5.74) is -5.65. The van der Waals surface area contributed by atoms with Gasteiger partial charge in [0.2, 0.25) is 0 Å². The second kappa shape index (κ2) is 14.6. The Bertz CT molecular complexity index is 476. The van der Waals surface area contributed by atoms with E-state index in [1.54, 1.807) is 0 Å². The molecular weight excluding hydrogens is 391 g/mol. The van der Waals surface area contributed by atoms with Crippen molar-refractivity contribution in [3.05, 3.63) is 0 Å². The zero-order valence-corrected chi connectivity index (χ0v) is 18.6. The fourth-order valence-corrected chi connectivity index (χ4v) is 3.82. The van der Waals surface area contributed by atoms with Crippen molar-refractivity contribution in [2.75, 3.05) is 26.2 Å². The van der Waals surface area contributed by atoms with Gasteiger partial charge in [0.15, 0.2) is 10.1 Å². The predicted octanol–water partition coefficient (Wildman–Crippen LogP) is 5.98. The maximum atomic E-state index is 10.7. The molecular formula is C20H40F3NO3S. The van der Waals surface area contributed by atoms with Crippen LogP contribution in [0.4, 0.5) is 13.2 Å². The zero-order valence-electron chi connectivity index (χ0n) is 17.7. The molecule has 0 unspecified atom stereocenters. The Morgan fingerprint density at radius 3 is 1.54 bits per heavy atom. The summed E-state index contributed by atoms with van der Waals surface area (Å²) in [6.45, 7) is 10.5. The molecule has 0 atom stereocenters. The van der Waals surface area contributed by atoms with Crippen LogP contribution in [0.25, 0.3) is 0 Å². The van der Waals surface area contributed by atoms with Crippen LogP contribution in [0.15, 0.2) is 0 Å². The highest BCUT2D eigenvalue weighted by Gasteiger charge is 2.36. The van der Waals surface area contributed by atoms with Gasteiger partial charge in [-0.25, -0.2) is 8.42 Å². The van der Waals surface area contributed by atoms with Gasteiger partial charge >= 0.3 is 5.51 Å². The summed E-state index contributed by atoms with van der Waals surface area (Å²) in [4.78, 5) is 0. The van der Waals surface area contributed by atoms with Gasteiger partial charge in [0.05, 0.1) is 26.2 Å². The van der Waals surface area contributed by atoms with E-state index in [9.17, 15) is 13.2 Å². The van der Waals surface area contributed by atoms with Crippen molar-refractivity contribution >= 4 is 10.1 Å². The van der Waals surface area contributed by atoms with Crippen molar-refractivity contribution in [3.8, 4) is 0 Å². The number of piperidine rings is 1. The molecule has 1 fully saturated rings. The van der Waals surface area contributed by atoms with Crippen molar-refractivity contribution in [1.82, 2.24) is 0 Å². The number of quaternary nitrogens is 1. The minimum atomic E-state index is -6.09. The first-order valence-corrected chi connectivity index (χ1v) is 12.4. The highest BCUT2D eigenvalue weighted by atomic mass is 32.2. The van der Waals surface area contributed by atoms with Gasteiger partial charge in [0, 0.05) is 0 Å². The summed E-state index contributed by atoms with van der Waals surface area (Å²) in [5, 5.41) is 0. The number of hydrogen-bond donors (Lipinski definition) is 0. The second-order valence-corrected chi connectivity index (χ2v) is 9.34. The molecule has 0 aromatic rings. The van der Waals surface area contributed by atoms with E-state index in [0.29, 0.717) is 0 Å². The van der Waals surface area contributed by atoms with Crippen LogP contribution in [-0.2, 0) is 10.1 Å². The average Bonchev–Trinajstić information content (AvgIpc) is 2.63. The molecule has 0 saturated carbocycles. The molecule has 1 aliphatic heterocycles. The van der Waals surface area contributed by atoms with Gasteiger partial charge in [0.1, 0.15) is 0 Å². The molecule has 1 rings (SSSR count). The molecule has 0 aromatic carbocycles. The van der Waals surface area contributed by atoms with E-state index in [-0.39, 0.29) is 0 Å². The summed E-state index contributed by atoms with van der Waals surface area (Å²) in [5.74, 6) is 0. The predicted molar refractivity (Wildman–Crippen MR) is 107 cm³/mol. The van der Waals surface area contributed by atoms with Crippen LogP contribution in [0, 0.1) is 0 Å². The number of nitrogens with zero attached hydrogens (tertiary/aromatic N) is 1. The molecule has 0 amide bonds. The number of halogens is 3. The monoisotopic (exact) mass is 431 g/mol. The largest absolute Gasteiger partial charge is 0.741 e. The highest BCUT2D eigenvalue weighted by molar-refractivity contribution is 7.86. The lowest BCUT2D eigenvalue weighted by molar-refractivity contribution is -0.931. The highest BCUT2D eigenvalue weighted by Crippen LogP contribution is 2.21. The fourth-order valence-electron chi connectivity index (χ4n) is 3.82. The molecule has 4 nitrogen and oxygen atoms in total. The molecule has 1 heterocycles. The second-order valence-electron chi connectivity index (χ2n) is 7.97. The van der Waals surface area contributed by atoms with E-state index in [4.69, 9.17) is 13.0 Å². The average molecular weight is 432 g/mol. The van der Waals surface area contributed by atoms with Crippen LogP contribution in [0.1, 0.15) is 97.3 Å². The van der Waals surface area contributed by atoms with Crippen LogP contribution in [-0.4, -0.2) is 49.1 Å². The van der Waals surface area contributed by atoms with Gasteiger partial charge in [-0.05, 0) is 39.0 Å². The van der Waals surface area contributed by atoms with Gasteiger partial charge in [-0.3, -0.25) is 0 Å². The van der Waals surface area contributed by atoms with E-state index < -0.39 is 15.6 Å². The van der Waals surface area contributed by atoms with Crippen molar-refractivity contribution < 1.29 is 30.6 Å². The van der Waals surface area contributed by atoms with Gasteiger partial charge in [-0.15, -0.1) is 0 Å². The van der Waals surface area contributed by atoms with E-state index in [0.717, 1.165) is 0 Å². The number of alkyl halides is 3. The Balaban J connectivity index is 0.000000769. The maximum Gasteiger partial charge on any atom is 0.485 e. The Hall–Kier alpha value is -0.340. The van der Waals surface area contributed by atoms with Crippen molar-refractivity contribution in [3.63, 3.8) is 0 Å². The van der Waals surface area contributed by atoms with Crippen molar-refractivity contribution in [2.45, 2.75) is 103 Å². The number of likely N-dealkylation sites (tertiary alicyclic amines) is 1. The lowest BCUT2D eigenvalue weighted by Gasteiger charge is -2.41. The molecule has 170 valence electrons. The summed E-state index contributed by atoms with van der Waals surface area (Å²) >= 11 is 0. The third-order valence-corrected chi connectivity index (χ3v) is 6.27. The first-order chi connectivity index (χ1) is 13.1. The minimum Gasteiger partial charge on any atom is -0.741 e. The van der Waals surface area contributed by atoms with Crippen LogP contribution in [0.2, 0.25) is 0 Å². The fraction of sp³-hybridized carbons (Fsp3) is 1.00. The Morgan fingerprint density at radius 1 is 0.786 bits per heavy atom. The molecule has 0 bridgehead atoms. The standard InChI is InChI=1S/C19H40N.CHF3O3S/c1-3-5-6-7-8-9-10-11-12-14-17-20(4-2)18-15-13-16-19-20;2-1(3,4)8(5,6)7/h3-19H2,1-2H3;(H,5,6,7)/q+1;/p-1. The summed E-state index contributed by atoms with van der Waals surface area (Å²) < 4.78 is 60.3. The zero-order chi connectivity index (χ0) is 21.5. The Kier molecular flexibility index (Phi) is 14.4.